The van der Waals surface area contributed by atoms with Gasteiger partial charge in [-0.25, -0.2) is 4.98 Å². The van der Waals surface area contributed by atoms with Gasteiger partial charge in [-0.1, -0.05) is 49.4 Å². The number of carbonyl (C=O) groups excluding carboxylic acids is 1. The van der Waals surface area contributed by atoms with Crippen molar-refractivity contribution in [2.24, 2.45) is 0 Å². The van der Waals surface area contributed by atoms with Crippen LogP contribution in [-0.4, -0.2) is 15.5 Å². The summed E-state index contributed by atoms with van der Waals surface area (Å²) in [6, 6.07) is 18.0. The molecule has 0 aliphatic heterocycles. The number of nitrogens with one attached hydrogen (secondary N) is 1. The number of nitrogens with zero attached hydrogens (tertiary/aromatic N) is 2. The summed E-state index contributed by atoms with van der Waals surface area (Å²) in [5.74, 6) is 0.646. The number of aromatic nitrogens is 2. The maximum Gasteiger partial charge on any atom is 0.227 e. The van der Waals surface area contributed by atoms with Crippen molar-refractivity contribution in [3.8, 4) is 0 Å². The van der Waals surface area contributed by atoms with Crippen molar-refractivity contribution >= 4 is 22.9 Å². The molecule has 23 heavy (non-hydrogen) atoms. The number of aryl methyl sites for hydroxylation is 2. The Balaban J connectivity index is 1.72. The lowest BCUT2D eigenvalue weighted by atomic mass is 10.1. The minimum Gasteiger partial charge on any atom is -0.310 e. The van der Waals surface area contributed by atoms with E-state index < -0.39 is 0 Å². The zero-order chi connectivity index (χ0) is 16.1. The van der Waals surface area contributed by atoms with Crippen LogP contribution >= 0.6 is 0 Å². The second-order valence-electron chi connectivity index (χ2n) is 5.61. The highest BCUT2D eigenvalue weighted by Gasteiger charge is 2.12. The first kappa shape index (κ1) is 15.3. The first-order chi connectivity index (χ1) is 11.3. The molecular formula is C19H21N3O. The minimum absolute atomic E-state index is 0.00140. The van der Waals surface area contributed by atoms with Crippen LogP contribution in [0, 0.1) is 0 Å². The number of benzene rings is 2. The molecule has 0 bridgehead atoms. The summed E-state index contributed by atoms with van der Waals surface area (Å²) in [5.41, 5.74) is 3.15. The summed E-state index contributed by atoms with van der Waals surface area (Å²) in [6.07, 6.45) is 2.19. The van der Waals surface area contributed by atoms with E-state index in [1.54, 1.807) is 0 Å². The number of hydrogen-bond acceptors (Lipinski definition) is 2. The molecule has 3 rings (SSSR count). The topological polar surface area (TPSA) is 46.9 Å². The van der Waals surface area contributed by atoms with Crippen molar-refractivity contribution < 1.29 is 4.79 Å². The molecule has 0 aliphatic carbocycles. The van der Waals surface area contributed by atoms with Crippen molar-refractivity contribution in [1.82, 2.24) is 9.55 Å². The Kier molecular flexibility index (Phi) is 4.71. The fourth-order valence-corrected chi connectivity index (χ4v) is 2.71. The van der Waals surface area contributed by atoms with E-state index in [0.29, 0.717) is 12.4 Å². The molecule has 0 atom stereocenters. The zero-order valence-electron chi connectivity index (χ0n) is 13.3. The summed E-state index contributed by atoms with van der Waals surface area (Å²) < 4.78 is 2.08. The van der Waals surface area contributed by atoms with E-state index in [1.165, 1.54) is 5.56 Å². The number of fused-ring (bicyclic) bond motifs is 1. The van der Waals surface area contributed by atoms with Gasteiger partial charge in [0, 0.05) is 13.0 Å². The van der Waals surface area contributed by atoms with E-state index in [-0.39, 0.29) is 5.91 Å². The van der Waals surface area contributed by atoms with Gasteiger partial charge in [-0.05, 0) is 30.5 Å². The number of carbonyl (C=O) groups is 1. The van der Waals surface area contributed by atoms with Crippen molar-refractivity contribution in [3.63, 3.8) is 0 Å². The second kappa shape index (κ2) is 7.09. The van der Waals surface area contributed by atoms with Gasteiger partial charge in [-0.2, -0.15) is 0 Å². The van der Waals surface area contributed by atoms with Crippen LogP contribution in [0.2, 0.25) is 0 Å². The molecule has 1 N–H and O–H groups in total. The third-order valence-corrected chi connectivity index (χ3v) is 3.84. The Morgan fingerprint density at radius 3 is 2.61 bits per heavy atom. The highest BCUT2D eigenvalue weighted by molar-refractivity contribution is 5.91. The number of hydrogen-bond donors (Lipinski definition) is 1. The van der Waals surface area contributed by atoms with Gasteiger partial charge in [0.2, 0.25) is 11.9 Å². The molecular weight excluding hydrogens is 286 g/mol. The maximum atomic E-state index is 12.3. The predicted molar refractivity (Wildman–Crippen MR) is 93.4 cm³/mol. The van der Waals surface area contributed by atoms with Gasteiger partial charge in [0.25, 0.3) is 0 Å². The fraction of sp³-hybridized carbons (Fsp3) is 0.263. The third-order valence-electron chi connectivity index (χ3n) is 3.84. The molecule has 1 heterocycles. The van der Waals surface area contributed by atoms with Crippen LogP contribution in [0.25, 0.3) is 11.0 Å². The Hall–Kier alpha value is -2.62. The number of anilines is 1. The molecule has 1 aromatic heterocycles. The van der Waals surface area contributed by atoms with Crippen molar-refractivity contribution in [2.45, 2.75) is 32.7 Å². The largest absolute Gasteiger partial charge is 0.310 e. The van der Waals surface area contributed by atoms with Crippen LogP contribution in [0.3, 0.4) is 0 Å². The van der Waals surface area contributed by atoms with Crippen LogP contribution in [0.5, 0.6) is 0 Å². The smallest absolute Gasteiger partial charge is 0.227 e. The van der Waals surface area contributed by atoms with E-state index in [2.05, 4.69) is 21.8 Å². The number of rotatable bonds is 6. The standard InChI is InChI=1S/C19H21N3O/c1-2-14-22-17-11-7-6-10-16(17)20-19(22)21-18(23)13-12-15-8-4-3-5-9-15/h3-11H,2,12-14H2,1H3,(H,20,21,23). The summed E-state index contributed by atoms with van der Waals surface area (Å²) in [5, 5.41) is 2.97. The Bertz CT molecular complexity index is 793. The predicted octanol–water partition coefficient (Wildman–Crippen LogP) is 4.02. The van der Waals surface area contributed by atoms with Crippen LogP contribution < -0.4 is 5.32 Å². The summed E-state index contributed by atoms with van der Waals surface area (Å²) in [4.78, 5) is 16.8. The molecule has 0 spiro atoms. The fourth-order valence-electron chi connectivity index (χ4n) is 2.71. The molecule has 4 heteroatoms. The number of amides is 1. The summed E-state index contributed by atoms with van der Waals surface area (Å²) in [7, 11) is 0. The van der Waals surface area contributed by atoms with Gasteiger partial charge in [0.15, 0.2) is 0 Å². The molecule has 0 unspecified atom stereocenters. The molecule has 4 nitrogen and oxygen atoms in total. The molecule has 0 saturated heterocycles. The van der Waals surface area contributed by atoms with Gasteiger partial charge >= 0.3 is 0 Å². The molecule has 0 radical (unpaired) electrons. The minimum atomic E-state index is 0.00140. The molecule has 2 aromatic carbocycles. The highest BCUT2D eigenvalue weighted by atomic mass is 16.1. The lowest BCUT2D eigenvalue weighted by molar-refractivity contribution is -0.116. The molecule has 0 aliphatic rings. The van der Waals surface area contributed by atoms with Gasteiger partial charge < -0.3 is 4.57 Å². The van der Waals surface area contributed by atoms with Gasteiger partial charge in [-0.15, -0.1) is 0 Å². The average molecular weight is 307 g/mol. The van der Waals surface area contributed by atoms with Crippen LogP contribution in [0.4, 0.5) is 5.95 Å². The third kappa shape index (κ3) is 3.59. The lowest BCUT2D eigenvalue weighted by Gasteiger charge is -2.09. The molecule has 0 saturated carbocycles. The van der Waals surface area contributed by atoms with Gasteiger partial charge in [-0.3, -0.25) is 10.1 Å². The van der Waals surface area contributed by atoms with E-state index in [0.717, 1.165) is 30.4 Å². The van der Waals surface area contributed by atoms with Gasteiger partial charge in [0.05, 0.1) is 11.0 Å². The van der Waals surface area contributed by atoms with Crippen LogP contribution in [0.15, 0.2) is 54.6 Å². The first-order valence-corrected chi connectivity index (χ1v) is 8.07. The molecule has 118 valence electrons. The first-order valence-electron chi connectivity index (χ1n) is 8.07. The van der Waals surface area contributed by atoms with E-state index in [4.69, 9.17) is 0 Å². The highest BCUT2D eigenvalue weighted by Crippen LogP contribution is 2.20. The molecule has 0 fully saturated rings. The van der Waals surface area contributed by atoms with Crippen molar-refractivity contribution in [3.05, 3.63) is 60.2 Å². The quantitative estimate of drug-likeness (QED) is 0.747. The van der Waals surface area contributed by atoms with Gasteiger partial charge in [0.1, 0.15) is 0 Å². The van der Waals surface area contributed by atoms with E-state index in [9.17, 15) is 4.79 Å². The average Bonchev–Trinajstić information content (AvgIpc) is 2.92. The Morgan fingerprint density at radius 1 is 1.09 bits per heavy atom. The number of imidazole rings is 1. The summed E-state index contributed by atoms with van der Waals surface area (Å²) in [6.45, 7) is 2.96. The van der Waals surface area contributed by atoms with E-state index in [1.807, 2.05) is 54.6 Å². The van der Waals surface area contributed by atoms with Crippen LogP contribution in [0.1, 0.15) is 25.3 Å². The number of para-hydroxylation sites is 2. The zero-order valence-corrected chi connectivity index (χ0v) is 13.3. The normalized spacial score (nSPS) is 10.8. The maximum absolute atomic E-state index is 12.3. The second-order valence-corrected chi connectivity index (χ2v) is 5.61. The molecule has 3 aromatic rings. The van der Waals surface area contributed by atoms with Crippen molar-refractivity contribution in [1.29, 1.82) is 0 Å². The molecule has 1 amide bonds. The Morgan fingerprint density at radius 2 is 1.83 bits per heavy atom. The Labute approximate surface area is 136 Å². The van der Waals surface area contributed by atoms with Crippen LogP contribution in [-0.2, 0) is 17.8 Å². The SMILES string of the molecule is CCCn1c(NC(=O)CCc2ccccc2)nc2ccccc21. The van der Waals surface area contributed by atoms with E-state index >= 15 is 0 Å². The monoisotopic (exact) mass is 307 g/mol. The summed E-state index contributed by atoms with van der Waals surface area (Å²) >= 11 is 0. The lowest BCUT2D eigenvalue weighted by Crippen LogP contribution is -2.16. The van der Waals surface area contributed by atoms with Crippen molar-refractivity contribution in [2.75, 3.05) is 5.32 Å².